The highest BCUT2D eigenvalue weighted by atomic mass is 16.5. The first kappa shape index (κ1) is 17.5. The molecule has 0 radical (unpaired) electrons. The molecule has 0 heterocycles. The van der Waals surface area contributed by atoms with Crippen LogP contribution < -0.4 is 10.5 Å². The Morgan fingerprint density at radius 3 is 2.57 bits per heavy atom. The number of aliphatic hydroxyl groups is 1. The van der Waals surface area contributed by atoms with Gasteiger partial charge in [-0.05, 0) is 12.0 Å². The molecule has 0 fully saturated rings. The fraction of sp³-hybridized carbons (Fsp3) is 0.562. The van der Waals surface area contributed by atoms with Gasteiger partial charge in [-0.1, -0.05) is 32.0 Å². The number of rotatable bonds is 8. The normalized spacial score (nSPS) is 12.3. The van der Waals surface area contributed by atoms with Crippen LogP contribution >= 0.6 is 0 Å². The van der Waals surface area contributed by atoms with Gasteiger partial charge in [0, 0.05) is 25.2 Å². The third-order valence-corrected chi connectivity index (χ3v) is 3.61. The minimum atomic E-state index is -0.230. The van der Waals surface area contributed by atoms with Gasteiger partial charge in [-0.15, -0.1) is 0 Å². The molecule has 1 rings (SSSR count). The Morgan fingerprint density at radius 2 is 2.05 bits per heavy atom. The summed E-state index contributed by atoms with van der Waals surface area (Å²) in [5.74, 6) is 0.655. The standard InChI is InChI=1S/C16H26N2O3/c1-12(2)14(10-17)16(20)18(8-9-19)11-13-6-4-5-7-15(13)21-3/h4-7,12,14,19H,8-11,17H2,1-3H3. The lowest BCUT2D eigenvalue weighted by Gasteiger charge is -2.28. The van der Waals surface area contributed by atoms with E-state index in [1.165, 1.54) is 0 Å². The Hall–Kier alpha value is -1.59. The van der Waals surface area contributed by atoms with Crippen LogP contribution in [0.15, 0.2) is 24.3 Å². The van der Waals surface area contributed by atoms with E-state index in [4.69, 9.17) is 10.5 Å². The number of aliphatic hydroxyl groups excluding tert-OH is 1. The van der Waals surface area contributed by atoms with E-state index in [0.29, 0.717) is 19.6 Å². The van der Waals surface area contributed by atoms with Crippen LogP contribution in [0.25, 0.3) is 0 Å². The Balaban J connectivity index is 2.93. The number of nitrogens with zero attached hydrogens (tertiary/aromatic N) is 1. The van der Waals surface area contributed by atoms with E-state index in [2.05, 4.69) is 0 Å². The first-order valence-electron chi connectivity index (χ1n) is 7.26. The highest BCUT2D eigenvalue weighted by Crippen LogP contribution is 2.21. The number of carbonyl (C=O) groups excluding carboxylic acids is 1. The molecule has 1 atom stereocenters. The van der Waals surface area contributed by atoms with E-state index in [-0.39, 0.29) is 24.3 Å². The van der Waals surface area contributed by atoms with Crippen molar-refractivity contribution in [3.8, 4) is 5.75 Å². The van der Waals surface area contributed by atoms with Crippen LogP contribution in [0, 0.1) is 11.8 Å². The summed E-state index contributed by atoms with van der Waals surface area (Å²) in [6.45, 7) is 4.90. The number of benzene rings is 1. The summed E-state index contributed by atoms with van der Waals surface area (Å²) in [5.41, 5.74) is 6.64. The van der Waals surface area contributed by atoms with Crippen LogP contribution in [-0.4, -0.2) is 42.7 Å². The SMILES string of the molecule is COc1ccccc1CN(CCO)C(=O)C(CN)C(C)C. The van der Waals surface area contributed by atoms with Crippen LogP contribution in [0.5, 0.6) is 5.75 Å². The quantitative estimate of drug-likeness (QED) is 0.756. The fourth-order valence-electron chi connectivity index (χ4n) is 2.32. The van der Waals surface area contributed by atoms with Crippen molar-refractivity contribution in [3.63, 3.8) is 0 Å². The number of nitrogens with two attached hydrogens (primary N) is 1. The predicted molar refractivity (Wildman–Crippen MR) is 82.9 cm³/mol. The van der Waals surface area contributed by atoms with E-state index in [1.54, 1.807) is 12.0 Å². The molecule has 21 heavy (non-hydrogen) atoms. The number of carbonyl (C=O) groups is 1. The summed E-state index contributed by atoms with van der Waals surface area (Å²) in [4.78, 5) is 14.3. The molecule has 0 aliphatic carbocycles. The predicted octanol–water partition coefficient (Wildman–Crippen LogP) is 1.25. The molecular weight excluding hydrogens is 268 g/mol. The average molecular weight is 294 g/mol. The molecule has 1 amide bonds. The van der Waals surface area contributed by atoms with Crippen molar-refractivity contribution in [1.29, 1.82) is 0 Å². The summed E-state index contributed by atoms with van der Waals surface area (Å²) < 4.78 is 5.31. The molecule has 3 N–H and O–H groups in total. The number of hydrogen-bond acceptors (Lipinski definition) is 4. The Bertz CT molecular complexity index is 449. The average Bonchev–Trinajstić information content (AvgIpc) is 2.47. The van der Waals surface area contributed by atoms with Crippen LogP contribution in [0.1, 0.15) is 19.4 Å². The summed E-state index contributed by atoms with van der Waals surface area (Å²) in [6.07, 6.45) is 0. The Morgan fingerprint density at radius 1 is 1.38 bits per heavy atom. The van der Waals surface area contributed by atoms with Gasteiger partial charge in [-0.25, -0.2) is 0 Å². The van der Waals surface area contributed by atoms with E-state index < -0.39 is 0 Å². The van der Waals surface area contributed by atoms with Crippen LogP contribution in [0.4, 0.5) is 0 Å². The van der Waals surface area contributed by atoms with Gasteiger partial charge in [0.05, 0.1) is 19.6 Å². The summed E-state index contributed by atoms with van der Waals surface area (Å²) in [7, 11) is 1.61. The molecule has 0 aliphatic rings. The second-order valence-electron chi connectivity index (χ2n) is 5.38. The first-order valence-corrected chi connectivity index (χ1v) is 7.26. The van der Waals surface area contributed by atoms with E-state index >= 15 is 0 Å². The molecule has 1 aromatic rings. The molecule has 0 bridgehead atoms. The molecule has 1 unspecified atom stereocenters. The van der Waals surface area contributed by atoms with Gasteiger partial charge in [0.1, 0.15) is 5.75 Å². The number of ether oxygens (including phenoxy) is 1. The van der Waals surface area contributed by atoms with Gasteiger partial charge in [-0.2, -0.15) is 0 Å². The molecule has 0 spiro atoms. The summed E-state index contributed by atoms with van der Waals surface area (Å²) in [6, 6.07) is 7.57. The van der Waals surface area contributed by atoms with Gasteiger partial charge in [-0.3, -0.25) is 4.79 Å². The molecule has 0 saturated carbocycles. The van der Waals surface area contributed by atoms with E-state index in [1.807, 2.05) is 38.1 Å². The highest BCUT2D eigenvalue weighted by molar-refractivity contribution is 5.79. The summed E-state index contributed by atoms with van der Waals surface area (Å²) >= 11 is 0. The molecule has 0 aromatic heterocycles. The zero-order valence-electron chi connectivity index (χ0n) is 13.1. The van der Waals surface area contributed by atoms with Gasteiger partial charge >= 0.3 is 0 Å². The van der Waals surface area contributed by atoms with Gasteiger partial charge < -0.3 is 20.5 Å². The minimum Gasteiger partial charge on any atom is -0.496 e. The van der Waals surface area contributed by atoms with Crippen molar-refractivity contribution in [2.45, 2.75) is 20.4 Å². The first-order chi connectivity index (χ1) is 10.0. The van der Waals surface area contributed by atoms with Crippen LogP contribution in [-0.2, 0) is 11.3 Å². The second-order valence-corrected chi connectivity index (χ2v) is 5.38. The lowest BCUT2D eigenvalue weighted by atomic mass is 9.94. The van der Waals surface area contributed by atoms with Crippen molar-refractivity contribution in [2.75, 3.05) is 26.8 Å². The van der Waals surface area contributed by atoms with Crippen molar-refractivity contribution >= 4 is 5.91 Å². The maximum absolute atomic E-state index is 12.6. The van der Waals surface area contributed by atoms with Crippen molar-refractivity contribution < 1.29 is 14.6 Å². The zero-order chi connectivity index (χ0) is 15.8. The molecule has 118 valence electrons. The number of para-hydroxylation sites is 1. The van der Waals surface area contributed by atoms with Gasteiger partial charge in [0.25, 0.3) is 0 Å². The molecule has 0 saturated heterocycles. The number of methoxy groups -OCH3 is 1. The fourth-order valence-corrected chi connectivity index (χ4v) is 2.32. The van der Waals surface area contributed by atoms with Crippen molar-refractivity contribution in [1.82, 2.24) is 4.90 Å². The Labute approximate surface area is 126 Å². The zero-order valence-corrected chi connectivity index (χ0v) is 13.1. The molecule has 5 nitrogen and oxygen atoms in total. The van der Waals surface area contributed by atoms with E-state index in [0.717, 1.165) is 11.3 Å². The van der Waals surface area contributed by atoms with Gasteiger partial charge in [0.15, 0.2) is 0 Å². The molecule has 0 aliphatic heterocycles. The van der Waals surface area contributed by atoms with Crippen molar-refractivity contribution in [3.05, 3.63) is 29.8 Å². The molecule has 1 aromatic carbocycles. The maximum atomic E-state index is 12.6. The largest absolute Gasteiger partial charge is 0.496 e. The van der Waals surface area contributed by atoms with E-state index in [9.17, 15) is 9.90 Å². The van der Waals surface area contributed by atoms with Crippen LogP contribution in [0.3, 0.4) is 0 Å². The summed E-state index contributed by atoms with van der Waals surface area (Å²) in [5, 5.41) is 9.23. The maximum Gasteiger partial charge on any atom is 0.227 e. The Kier molecular flexibility index (Phi) is 7.19. The van der Waals surface area contributed by atoms with Crippen molar-refractivity contribution in [2.24, 2.45) is 17.6 Å². The second kappa shape index (κ2) is 8.64. The monoisotopic (exact) mass is 294 g/mol. The number of hydrogen-bond donors (Lipinski definition) is 2. The molecule has 5 heteroatoms. The lowest BCUT2D eigenvalue weighted by molar-refractivity contribution is -0.137. The smallest absolute Gasteiger partial charge is 0.227 e. The lowest BCUT2D eigenvalue weighted by Crippen LogP contribution is -2.42. The third-order valence-electron chi connectivity index (χ3n) is 3.61. The third kappa shape index (κ3) is 4.72. The van der Waals surface area contributed by atoms with Crippen LogP contribution in [0.2, 0.25) is 0 Å². The molecular formula is C16H26N2O3. The number of amides is 1. The topological polar surface area (TPSA) is 75.8 Å². The van der Waals surface area contributed by atoms with Gasteiger partial charge in [0.2, 0.25) is 5.91 Å². The highest BCUT2D eigenvalue weighted by Gasteiger charge is 2.26. The minimum absolute atomic E-state index is 0.0209.